The van der Waals surface area contributed by atoms with Crippen LogP contribution in [0.25, 0.3) is 6.08 Å². The number of benzene rings is 2. The molecule has 1 aliphatic rings. The summed E-state index contributed by atoms with van der Waals surface area (Å²) in [7, 11) is 3.12. The molecule has 7 nitrogen and oxygen atoms in total. The van der Waals surface area contributed by atoms with Crippen LogP contribution in [0.5, 0.6) is 0 Å². The Morgan fingerprint density at radius 2 is 1.76 bits per heavy atom. The highest BCUT2D eigenvalue weighted by molar-refractivity contribution is 6.09. The summed E-state index contributed by atoms with van der Waals surface area (Å²) in [6.07, 6.45) is 1.79. The minimum absolute atomic E-state index is 0.105. The van der Waals surface area contributed by atoms with Crippen LogP contribution in [0.3, 0.4) is 0 Å². The molecule has 0 aliphatic carbocycles. The van der Waals surface area contributed by atoms with E-state index in [0.717, 1.165) is 11.1 Å². The zero-order valence-corrected chi connectivity index (χ0v) is 16.9. The second kappa shape index (κ2) is 7.50. The standard InChI is InChI=1S/C22H23N3O4/c1-15-10-11-17(18(12-15)25(28)29)13-19-20(26)24(4)22(2,21(27)23(19)3)14-16-8-6-5-7-9-16/h5-13H,14H2,1-4H3/b19-13+. The van der Waals surface area contributed by atoms with E-state index in [4.69, 9.17) is 0 Å². The molecule has 150 valence electrons. The summed E-state index contributed by atoms with van der Waals surface area (Å²) in [4.78, 5) is 40.0. The third-order valence-corrected chi connectivity index (χ3v) is 5.46. The Bertz CT molecular complexity index is 1020. The van der Waals surface area contributed by atoms with E-state index in [1.165, 1.54) is 29.0 Å². The average Bonchev–Trinajstić information content (AvgIpc) is 2.70. The van der Waals surface area contributed by atoms with Crippen LogP contribution in [-0.4, -0.2) is 46.2 Å². The van der Waals surface area contributed by atoms with Gasteiger partial charge in [0.15, 0.2) is 0 Å². The Hall–Kier alpha value is -3.48. The molecule has 1 heterocycles. The highest BCUT2D eigenvalue weighted by Gasteiger charge is 2.48. The molecule has 0 radical (unpaired) electrons. The molecule has 2 amide bonds. The van der Waals surface area contributed by atoms with Crippen LogP contribution in [0.2, 0.25) is 0 Å². The molecule has 2 aromatic rings. The van der Waals surface area contributed by atoms with Crippen molar-refractivity contribution in [2.24, 2.45) is 0 Å². The summed E-state index contributed by atoms with van der Waals surface area (Å²) in [5, 5.41) is 11.4. The number of likely N-dealkylation sites (N-methyl/N-ethyl adjacent to an activating group) is 2. The quantitative estimate of drug-likeness (QED) is 0.454. The third kappa shape index (κ3) is 3.63. The molecule has 0 saturated carbocycles. The fourth-order valence-electron chi connectivity index (χ4n) is 3.58. The van der Waals surface area contributed by atoms with Crippen LogP contribution >= 0.6 is 0 Å². The van der Waals surface area contributed by atoms with Crippen molar-refractivity contribution >= 4 is 23.6 Å². The van der Waals surface area contributed by atoms with Crippen molar-refractivity contribution in [1.82, 2.24) is 9.80 Å². The van der Waals surface area contributed by atoms with Crippen molar-refractivity contribution < 1.29 is 14.5 Å². The third-order valence-electron chi connectivity index (χ3n) is 5.46. The smallest absolute Gasteiger partial charge is 0.276 e. The molecule has 0 aromatic heterocycles. The number of carbonyl (C=O) groups excluding carboxylic acids is 2. The maximum atomic E-state index is 13.2. The number of nitro benzene ring substituents is 1. The van der Waals surface area contributed by atoms with Crippen LogP contribution in [0.4, 0.5) is 5.69 Å². The first kappa shape index (κ1) is 20.3. The lowest BCUT2D eigenvalue weighted by atomic mass is 9.87. The summed E-state index contributed by atoms with van der Waals surface area (Å²) in [5.41, 5.74) is 0.915. The van der Waals surface area contributed by atoms with Gasteiger partial charge in [-0.2, -0.15) is 0 Å². The minimum atomic E-state index is -1.05. The fraction of sp³-hybridized carbons (Fsp3) is 0.273. The number of hydrogen-bond donors (Lipinski definition) is 0. The van der Waals surface area contributed by atoms with Gasteiger partial charge in [0.2, 0.25) is 0 Å². The Morgan fingerprint density at radius 1 is 1.10 bits per heavy atom. The Morgan fingerprint density at radius 3 is 2.38 bits per heavy atom. The van der Waals surface area contributed by atoms with Crippen LogP contribution in [-0.2, 0) is 16.0 Å². The molecule has 29 heavy (non-hydrogen) atoms. The van der Waals surface area contributed by atoms with Crippen molar-refractivity contribution in [3.63, 3.8) is 0 Å². The van der Waals surface area contributed by atoms with Gasteiger partial charge < -0.3 is 9.80 Å². The molecule has 1 aliphatic heterocycles. The molecule has 3 rings (SSSR count). The predicted molar refractivity (Wildman–Crippen MR) is 110 cm³/mol. The summed E-state index contributed by atoms with van der Waals surface area (Å²) in [5.74, 6) is -0.607. The van der Waals surface area contributed by atoms with Crippen molar-refractivity contribution in [2.45, 2.75) is 25.8 Å². The maximum Gasteiger partial charge on any atom is 0.276 e. The van der Waals surface area contributed by atoms with E-state index in [0.29, 0.717) is 6.42 Å². The van der Waals surface area contributed by atoms with Crippen molar-refractivity contribution in [3.05, 3.63) is 81.0 Å². The van der Waals surface area contributed by atoms with Crippen LogP contribution in [0, 0.1) is 17.0 Å². The first-order valence-corrected chi connectivity index (χ1v) is 9.22. The lowest BCUT2D eigenvalue weighted by molar-refractivity contribution is -0.385. The molecular weight excluding hydrogens is 370 g/mol. The van der Waals surface area contributed by atoms with Crippen molar-refractivity contribution in [3.8, 4) is 0 Å². The number of amides is 2. The average molecular weight is 393 g/mol. The van der Waals surface area contributed by atoms with Crippen molar-refractivity contribution in [1.29, 1.82) is 0 Å². The van der Waals surface area contributed by atoms with E-state index in [-0.39, 0.29) is 28.8 Å². The number of carbonyl (C=O) groups is 2. The van der Waals surface area contributed by atoms with Gasteiger partial charge in [-0.3, -0.25) is 19.7 Å². The van der Waals surface area contributed by atoms with E-state index >= 15 is 0 Å². The molecule has 7 heteroatoms. The molecule has 0 N–H and O–H groups in total. The van der Waals surface area contributed by atoms with Gasteiger partial charge in [-0.15, -0.1) is 0 Å². The first-order chi connectivity index (χ1) is 13.6. The van der Waals surface area contributed by atoms with Gasteiger partial charge in [-0.25, -0.2) is 0 Å². The molecule has 1 unspecified atom stereocenters. The molecule has 0 bridgehead atoms. The van der Waals surface area contributed by atoms with Gasteiger partial charge >= 0.3 is 0 Å². The number of nitro groups is 1. The first-order valence-electron chi connectivity index (χ1n) is 9.22. The predicted octanol–water partition coefficient (Wildman–Crippen LogP) is 3.18. The zero-order chi connectivity index (χ0) is 21.3. The number of rotatable bonds is 4. The lowest BCUT2D eigenvalue weighted by Crippen LogP contribution is -2.64. The molecule has 1 saturated heterocycles. The van der Waals surface area contributed by atoms with Crippen LogP contribution in [0.15, 0.2) is 54.2 Å². The van der Waals surface area contributed by atoms with Gasteiger partial charge in [0.05, 0.1) is 10.5 Å². The summed E-state index contributed by atoms with van der Waals surface area (Å²) < 4.78 is 0. The minimum Gasteiger partial charge on any atom is -0.326 e. The fourth-order valence-corrected chi connectivity index (χ4v) is 3.58. The molecule has 1 fully saturated rings. The maximum absolute atomic E-state index is 13.2. The normalized spacial score (nSPS) is 21.0. The lowest BCUT2D eigenvalue weighted by Gasteiger charge is -2.45. The summed E-state index contributed by atoms with van der Waals surface area (Å²) in [6.45, 7) is 3.50. The van der Waals surface area contributed by atoms with Crippen LogP contribution in [0.1, 0.15) is 23.6 Å². The summed E-state index contributed by atoms with van der Waals surface area (Å²) >= 11 is 0. The molecule has 0 spiro atoms. The highest BCUT2D eigenvalue weighted by atomic mass is 16.6. The Labute approximate surface area is 169 Å². The van der Waals surface area contributed by atoms with Gasteiger partial charge in [-0.05, 0) is 37.1 Å². The second-order valence-electron chi connectivity index (χ2n) is 7.51. The van der Waals surface area contributed by atoms with Gasteiger partial charge in [-0.1, -0.05) is 36.4 Å². The molecular formula is C22H23N3O4. The zero-order valence-electron chi connectivity index (χ0n) is 16.9. The number of aryl methyl sites for hydroxylation is 1. The van der Waals surface area contributed by atoms with Crippen molar-refractivity contribution in [2.75, 3.05) is 14.1 Å². The van der Waals surface area contributed by atoms with E-state index < -0.39 is 10.5 Å². The van der Waals surface area contributed by atoms with E-state index in [2.05, 4.69) is 0 Å². The van der Waals surface area contributed by atoms with E-state index in [9.17, 15) is 19.7 Å². The Balaban J connectivity index is 2.02. The van der Waals surface area contributed by atoms with Gasteiger partial charge in [0.25, 0.3) is 17.5 Å². The highest BCUT2D eigenvalue weighted by Crippen LogP contribution is 2.32. The monoisotopic (exact) mass is 393 g/mol. The van der Waals surface area contributed by atoms with E-state index in [1.807, 2.05) is 30.3 Å². The number of hydrogen-bond acceptors (Lipinski definition) is 4. The summed E-state index contributed by atoms with van der Waals surface area (Å²) in [6, 6.07) is 14.3. The molecule has 1 atom stereocenters. The second-order valence-corrected chi connectivity index (χ2v) is 7.51. The topological polar surface area (TPSA) is 83.8 Å². The Kier molecular flexibility index (Phi) is 5.24. The largest absolute Gasteiger partial charge is 0.326 e. The number of nitrogens with zero attached hydrogens (tertiary/aromatic N) is 3. The number of piperazine rings is 1. The molecule has 2 aromatic carbocycles. The van der Waals surface area contributed by atoms with E-state index in [1.54, 1.807) is 33.0 Å². The SMILES string of the molecule is Cc1ccc(/C=C2\C(=O)N(C)C(C)(Cc3ccccc3)C(=O)N2C)c([N+](=O)[O-])c1. The van der Waals surface area contributed by atoms with Gasteiger partial charge in [0, 0.05) is 26.6 Å². The van der Waals surface area contributed by atoms with Gasteiger partial charge in [0.1, 0.15) is 11.2 Å². The van der Waals surface area contributed by atoms with Crippen LogP contribution < -0.4 is 0 Å².